The number of hydrogen-bond donors (Lipinski definition) is 4. The first-order valence-electron chi connectivity index (χ1n) is 19.0. The molecule has 2 aromatic rings. The maximum Gasteiger partial charge on any atom is 0.414 e. The van der Waals surface area contributed by atoms with Crippen molar-refractivity contribution in [2.45, 2.75) is 125 Å². The summed E-state index contributed by atoms with van der Waals surface area (Å²) in [6, 6.07) is 12.3. The Balaban J connectivity index is 0.000000689. The van der Waals surface area contributed by atoms with Crippen molar-refractivity contribution in [3.05, 3.63) is 53.8 Å². The molecule has 51 heavy (non-hydrogen) atoms. The lowest BCUT2D eigenvalue weighted by molar-refractivity contribution is -0.186. The molecule has 5 N–H and O–H groups in total. The van der Waals surface area contributed by atoms with Gasteiger partial charge < -0.3 is 25.8 Å². The Kier molecular flexibility index (Phi) is 9.43. The number of carbonyl (C=O) groups excluding carboxylic acids is 1. The summed E-state index contributed by atoms with van der Waals surface area (Å²) in [4.78, 5) is 32.7. The Morgan fingerprint density at radius 2 is 1.55 bits per heavy atom. The molecular formula is C42H59N3O6. The standard InChI is InChI=1S/C40H57N3O2.C2H2O4/c1-35(2)19-21-40(34(44)42-25-27-23-30(43-45-27)26-11-9-8-10-12-26)22-20-38(6)28(29(40)24-35)13-14-32-37(5)17-16-33(41)36(3,4)31(37)15-18-39(32,38)7;3-1(4)2(5)6/h8-13,23,29,31-33H,14-22,24-25,41H2,1-7H3,(H,42,44);(H,3,4)(H,5,6)/t29-,31?,32?,33-,37-,38+,39+,40-;/m0./s1. The third kappa shape index (κ3) is 6.05. The quantitative estimate of drug-likeness (QED) is 0.184. The lowest BCUT2D eigenvalue weighted by Gasteiger charge is -2.71. The predicted molar refractivity (Wildman–Crippen MR) is 196 cm³/mol. The zero-order valence-corrected chi connectivity index (χ0v) is 31.7. The Bertz CT molecular complexity index is 1680. The molecule has 278 valence electrons. The van der Waals surface area contributed by atoms with Gasteiger partial charge in [-0.3, -0.25) is 4.79 Å². The van der Waals surface area contributed by atoms with Crippen molar-refractivity contribution in [2.75, 3.05) is 0 Å². The van der Waals surface area contributed by atoms with Crippen molar-refractivity contribution < 1.29 is 29.1 Å². The van der Waals surface area contributed by atoms with Gasteiger partial charge in [-0.25, -0.2) is 9.59 Å². The highest BCUT2D eigenvalue weighted by Crippen LogP contribution is 2.75. The zero-order valence-electron chi connectivity index (χ0n) is 31.7. The molecule has 4 saturated carbocycles. The van der Waals surface area contributed by atoms with Crippen LogP contribution in [-0.2, 0) is 20.9 Å². The molecule has 7 rings (SSSR count). The Labute approximate surface area is 303 Å². The number of rotatable bonds is 4. The van der Waals surface area contributed by atoms with Gasteiger partial charge >= 0.3 is 11.9 Å². The summed E-state index contributed by atoms with van der Waals surface area (Å²) in [5, 5.41) is 22.4. The summed E-state index contributed by atoms with van der Waals surface area (Å²) in [5.41, 5.74) is 11.0. The number of aromatic nitrogens is 1. The minimum atomic E-state index is -1.82. The van der Waals surface area contributed by atoms with Crippen molar-refractivity contribution in [3.63, 3.8) is 0 Å². The topological polar surface area (TPSA) is 156 Å². The number of amides is 1. The van der Waals surface area contributed by atoms with Crippen molar-refractivity contribution in [3.8, 4) is 11.3 Å². The van der Waals surface area contributed by atoms with Gasteiger partial charge in [-0.15, -0.1) is 0 Å². The van der Waals surface area contributed by atoms with Crippen molar-refractivity contribution in [1.82, 2.24) is 10.5 Å². The van der Waals surface area contributed by atoms with Crippen molar-refractivity contribution >= 4 is 17.8 Å². The first kappa shape index (κ1) is 37.3. The van der Waals surface area contributed by atoms with Crippen LogP contribution in [0.4, 0.5) is 0 Å². The van der Waals surface area contributed by atoms with Gasteiger partial charge in [0.05, 0.1) is 12.0 Å². The molecule has 0 spiro atoms. The molecule has 9 heteroatoms. The van der Waals surface area contributed by atoms with E-state index in [2.05, 4.69) is 65.0 Å². The summed E-state index contributed by atoms with van der Waals surface area (Å²) in [6.07, 6.45) is 14.0. The molecule has 5 aliphatic carbocycles. The van der Waals surface area contributed by atoms with E-state index in [1.54, 1.807) is 5.57 Å². The normalized spacial score (nSPS) is 37.5. The molecule has 1 amide bonds. The van der Waals surface area contributed by atoms with Crippen LogP contribution in [-0.4, -0.2) is 39.3 Å². The number of benzene rings is 1. The number of nitrogens with two attached hydrogens (primary N) is 1. The van der Waals surface area contributed by atoms with Gasteiger partial charge in [0.2, 0.25) is 5.91 Å². The number of aliphatic carboxylic acids is 2. The second-order valence-electron chi connectivity index (χ2n) is 18.7. The van der Waals surface area contributed by atoms with Crippen LogP contribution in [0.3, 0.4) is 0 Å². The van der Waals surface area contributed by atoms with Crippen molar-refractivity contribution in [2.24, 2.45) is 56.0 Å². The fourth-order valence-electron chi connectivity index (χ4n) is 12.2. The van der Waals surface area contributed by atoms with E-state index in [0.29, 0.717) is 35.6 Å². The van der Waals surface area contributed by atoms with Crippen LogP contribution in [0.5, 0.6) is 0 Å². The van der Waals surface area contributed by atoms with Crippen LogP contribution in [0, 0.1) is 50.2 Å². The molecule has 2 unspecified atom stereocenters. The third-order valence-corrected chi connectivity index (χ3v) is 15.4. The van der Waals surface area contributed by atoms with Gasteiger partial charge in [-0.05, 0) is 109 Å². The van der Waals surface area contributed by atoms with Gasteiger partial charge in [-0.2, -0.15) is 0 Å². The van der Waals surface area contributed by atoms with Gasteiger partial charge in [0.1, 0.15) is 5.69 Å². The number of fused-ring (bicyclic) bond motifs is 7. The first-order valence-corrected chi connectivity index (χ1v) is 19.0. The molecule has 1 aromatic carbocycles. The smallest absolute Gasteiger partial charge is 0.414 e. The van der Waals surface area contributed by atoms with Crippen molar-refractivity contribution in [1.29, 1.82) is 0 Å². The average molecular weight is 702 g/mol. The molecule has 1 heterocycles. The SMILES string of the molecule is CC1(C)CC[C@]2(C(=O)NCc3cc(-c4ccccc4)no3)CC[C@]3(C)C(=CCC4[C@@]5(C)CC[C@H](N)C(C)(C)C5CC[C@]43C)[C@@H]2C1.O=C(O)C(=O)O. The molecule has 1 aromatic heterocycles. The van der Waals surface area contributed by atoms with E-state index in [9.17, 15) is 4.79 Å². The highest BCUT2D eigenvalue weighted by molar-refractivity contribution is 6.27. The number of hydrogen-bond acceptors (Lipinski definition) is 6. The number of nitrogens with zero attached hydrogens (tertiary/aromatic N) is 1. The van der Waals surface area contributed by atoms with Gasteiger partial charge in [-0.1, -0.05) is 95.6 Å². The van der Waals surface area contributed by atoms with Gasteiger partial charge in [0.15, 0.2) is 5.76 Å². The Morgan fingerprint density at radius 1 is 0.882 bits per heavy atom. The summed E-state index contributed by atoms with van der Waals surface area (Å²) in [6.45, 7) is 18.0. The maximum atomic E-state index is 14.5. The van der Waals surface area contributed by atoms with Crippen LogP contribution in [0.15, 0.2) is 52.6 Å². The predicted octanol–water partition coefficient (Wildman–Crippen LogP) is 8.24. The van der Waals surface area contributed by atoms with E-state index in [1.165, 1.54) is 19.3 Å². The molecule has 0 aliphatic heterocycles. The van der Waals surface area contributed by atoms with Crippen LogP contribution < -0.4 is 11.1 Å². The van der Waals surface area contributed by atoms with E-state index < -0.39 is 11.9 Å². The van der Waals surface area contributed by atoms with E-state index in [0.717, 1.165) is 56.2 Å². The molecule has 0 radical (unpaired) electrons. The largest absolute Gasteiger partial charge is 0.473 e. The summed E-state index contributed by atoms with van der Waals surface area (Å²) < 4.78 is 5.69. The maximum absolute atomic E-state index is 14.5. The second-order valence-corrected chi connectivity index (χ2v) is 18.7. The first-order chi connectivity index (χ1) is 23.8. The number of allylic oxidation sites excluding steroid dienone is 2. The number of carbonyl (C=O) groups is 3. The average Bonchev–Trinajstić information content (AvgIpc) is 3.55. The summed E-state index contributed by atoms with van der Waals surface area (Å²) in [7, 11) is 0. The van der Waals surface area contributed by atoms with E-state index >= 15 is 0 Å². The molecule has 0 saturated heterocycles. The highest BCUT2D eigenvalue weighted by atomic mass is 16.5. The number of carboxylic acid groups (broad SMARTS) is 2. The number of carboxylic acids is 2. The Morgan fingerprint density at radius 3 is 2.22 bits per heavy atom. The second kappa shape index (κ2) is 12.9. The van der Waals surface area contributed by atoms with Gasteiger partial charge in [0, 0.05) is 17.7 Å². The minimum Gasteiger partial charge on any atom is -0.473 e. The fourth-order valence-corrected chi connectivity index (χ4v) is 12.2. The lowest BCUT2D eigenvalue weighted by atomic mass is 9.33. The van der Waals surface area contributed by atoms with E-state index in [1.807, 2.05) is 36.4 Å². The summed E-state index contributed by atoms with van der Waals surface area (Å²) >= 11 is 0. The van der Waals surface area contributed by atoms with Crippen LogP contribution >= 0.6 is 0 Å². The minimum absolute atomic E-state index is 0.116. The molecular weight excluding hydrogens is 642 g/mol. The monoisotopic (exact) mass is 701 g/mol. The summed E-state index contributed by atoms with van der Waals surface area (Å²) in [5.74, 6) is -1.11. The zero-order chi connectivity index (χ0) is 37.2. The molecule has 4 fully saturated rings. The third-order valence-electron chi connectivity index (χ3n) is 15.4. The molecule has 0 bridgehead atoms. The van der Waals surface area contributed by atoms with E-state index in [-0.39, 0.29) is 38.9 Å². The van der Waals surface area contributed by atoms with Gasteiger partial charge in [0.25, 0.3) is 0 Å². The fraction of sp³-hybridized carbons (Fsp3) is 0.667. The lowest BCUT2D eigenvalue weighted by Crippen LogP contribution is -2.66. The molecule has 5 aliphatic rings. The Hall–Kier alpha value is -3.46. The molecule has 8 atom stereocenters. The number of nitrogens with one attached hydrogen (secondary N) is 1. The van der Waals surface area contributed by atoms with Crippen LogP contribution in [0.2, 0.25) is 0 Å². The van der Waals surface area contributed by atoms with Crippen LogP contribution in [0.25, 0.3) is 11.3 Å². The van der Waals surface area contributed by atoms with Crippen LogP contribution in [0.1, 0.15) is 118 Å². The highest BCUT2D eigenvalue weighted by Gasteiger charge is 2.69. The van der Waals surface area contributed by atoms with E-state index in [4.69, 9.17) is 30.1 Å². The molecule has 9 nitrogen and oxygen atoms in total.